The maximum Gasteiger partial charge on any atom is 0.238 e. The van der Waals surface area contributed by atoms with E-state index in [1.807, 2.05) is 18.2 Å². The van der Waals surface area contributed by atoms with Crippen molar-refractivity contribution in [3.05, 3.63) is 54.1 Å². The highest BCUT2D eigenvalue weighted by atomic mass is 32.2. The molecule has 0 aliphatic carbocycles. The van der Waals surface area contributed by atoms with E-state index in [2.05, 4.69) is 26.6 Å². The predicted molar refractivity (Wildman–Crippen MR) is 120 cm³/mol. The number of ether oxygens (including phenoxy) is 1. The van der Waals surface area contributed by atoms with Crippen LogP contribution in [0.25, 0.3) is 0 Å². The average Bonchev–Trinajstić information content (AvgIpc) is 3.21. The molecule has 1 unspecified atom stereocenters. The van der Waals surface area contributed by atoms with Crippen molar-refractivity contribution in [2.75, 3.05) is 38.7 Å². The Morgan fingerprint density at radius 2 is 1.97 bits per heavy atom. The number of rotatable bonds is 7. The largest absolute Gasteiger partial charge is 0.495 e. The molecule has 9 heteroatoms. The molecule has 0 saturated carbocycles. The molecule has 0 bridgehead atoms. The monoisotopic (exact) mass is 431 g/mol. The number of sulfonamides is 1. The standard InChI is InChI=1S/C21H29N5O3S/c1-23-21(24-13-11-16-7-9-18(10-8-16)30(22,27)28)25-17-12-14-26(15-17)19-5-3-4-6-20(19)29-2/h3-10,17H,11-15H2,1-2H3,(H2,22,27,28)(H2,23,24,25). The number of nitrogens with one attached hydrogen (secondary N) is 2. The van der Waals surface area contributed by atoms with Crippen molar-refractivity contribution in [1.29, 1.82) is 0 Å². The highest BCUT2D eigenvalue weighted by Crippen LogP contribution is 2.30. The zero-order chi connectivity index (χ0) is 21.6. The number of nitrogens with zero attached hydrogens (tertiary/aromatic N) is 2. The predicted octanol–water partition coefficient (Wildman–Crippen LogP) is 1.33. The fraction of sp³-hybridized carbons (Fsp3) is 0.381. The molecular weight excluding hydrogens is 402 g/mol. The molecule has 0 radical (unpaired) electrons. The van der Waals surface area contributed by atoms with Gasteiger partial charge < -0.3 is 20.3 Å². The molecule has 162 valence electrons. The van der Waals surface area contributed by atoms with Crippen molar-refractivity contribution >= 4 is 21.7 Å². The number of benzene rings is 2. The molecule has 8 nitrogen and oxygen atoms in total. The molecule has 1 aliphatic rings. The van der Waals surface area contributed by atoms with E-state index in [9.17, 15) is 8.42 Å². The van der Waals surface area contributed by atoms with Gasteiger partial charge in [0.05, 0.1) is 17.7 Å². The van der Waals surface area contributed by atoms with Crippen LogP contribution in [0.2, 0.25) is 0 Å². The summed E-state index contributed by atoms with van der Waals surface area (Å²) in [6.07, 6.45) is 1.75. The van der Waals surface area contributed by atoms with Crippen LogP contribution in [0.15, 0.2) is 58.4 Å². The van der Waals surface area contributed by atoms with Gasteiger partial charge in [-0.3, -0.25) is 4.99 Å². The van der Waals surface area contributed by atoms with Gasteiger partial charge in [-0.25, -0.2) is 13.6 Å². The Balaban J connectivity index is 1.48. The summed E-state index contributed by atoms with van der Waals surface area (Å²) in [5, 5.41) is 11.9. The minimum Gasteiger partial charge on any atom is -0.495 e. The second-order valence-corrected chi connectivity index (χ2v) is 8.75. The molecule has 0 aromatic heterocycles. The zero-order valence-corrected chi connectivity index (χ0v) is 18.2. The number of primary sulfonamides is 1. The van der Waals surface area contributed by atoms with Gasteiger partial charge in [0.15, 0.2) is 5.96 Å². The molecule has 1 atom stereocenters. The summed E-state index contributed by atoms with van der Waals surface area (Å²) in [5.74, 6) is 1.64. The van der Waals surface area contributed by atoms with Crippen LogP contribution in [0.3, 0.4) is 0 Å². The Morgan fingerprint density at radius 3 is 2.63 bits per heavy atom. The number of hydrogen-bond donors (Lipinski definition) is 3. The van der Waals surface area contributed by atoms with Crippen LogP contribution >= 0.6 is 0 Å². The quantitative estimate of drug-likeness (QED) is 0.451. The number of aliphatic imine (C=N–C) groups is 1. The van der Waals surface area contributed by atoms with Crippen molar-refractivity contribution in [1.82, 2.24) is 10.6 Å². The molecule has 1 heterocycles. The highest BCUT2D eigenvalue weighted by Gasteiger charge is 2.25. The average molecular weight is 432 g/mol. The lowest BCUT2D eigenvalue weighted by Gasteiger charge is -2.22. The zero-order valence-electron chi connectivity index (χ0n) is 17.3. The van der Waals surface area contributed by atoms with Crippen molar-refractivity contribution < 1.29 is 13.2 Å². The first kappa shape index (κ1) is 21.9. The van der Waals surface area contributed by atoms with E-state index in [1.165, 1.54) is 12.1 Å². The van der Waals surface area contributed by atoms with Gasteiger partial charge in [-0.1, -0.05) is 24.3 Å². The molecule has 0 spiro atoms. The van der Waals surface area contributed by atoms with E-state index in [4.69, 9.17) is 9.88 Å². The number of methoxy groups -OCH3 is 1. The van der Waals surface area contributed by atoms with E-state index in [-0.39, 0.29) is 10.9 Å². The summed E-state index contributed by atoms with van der Waals surface area (Å²) in [6, 6.07) is 15.0. The van der Waals surface area contributed by atoms with E-state index in [1.54, 1.807) is 26.3 Å². The third-order valence-electron chi connectivity index (χ3n) is 5.14. The summed E-state index contributed by atoms with van der Waals surface area (Å²) < 4.78 is 28.1. The Morgan fingerprint density at radius 1 is 1.23 bits per heavy atom. The second kappa shape index (κ2) is 9.82. The lowest BCUT2D eigenvalue weighted by molar-refractivity contribution is 0.415. The first-order chi connectivity index (χ1) is 14.4. The van der Waals surface area contributed by atoms with E-state index < -0.39 is 10.0 Å². The summed E-state index contributed by atoms with van der Waals surface area (Å²) in [5.41, 5.74) is 2.13. The molecule has 4 N–H and O–H groups in total. The second-order valence-electron chi connectivity index (χ2n) is 7.19. The fourth-order valence-corrected chi connectivity index (χ4v) is 4.06. The number of anilines is 1. The number of guanidine groups is 1. The van der Waals surface area contributed by atoms with Gasteiger partial charge in [-0.2, -0.15) is 0 Å². The molecule has 1 aliphatic heterocycles. The lowest BCUT2D eigenvalue weighted by atomic mass is 10.1. The molecular formula is C21H29N5O3S. The van der Waals surface area contributed by atoms with Crippen molar-refractivity contribution in [2.45, 2.75) is 23.8 Å². The van der Waals surface area contributed by atoms with Crippen LogP contribution in [0.5, 0.6) is 5.75 Å². The Labute approximate surface area is 178 Å². The van der Waals surface area contributed by atoms with Gasteiger partial charge >= 0.3 is 0 Å². The van der Waals surface area contributed by atoms with E-state index in [0.29, 0.717) is 6.54 Å². The third-order valence-corrected chi connectivity index (χ3v) is 6.07. The smallest absolute Gasteiger partial charge is 0.238 e. The first-order valence-electron chi connectivity index (χ1n) is 9.87. The van der Waals surface area contributed by atoms with Crippen molar-refractivity contribution in [2.24, 2.45) is 10.1 Å². The summed E-state index contributed by atoms with van der Waals surface area (Å²) >= 11 is 0. The van der Waals surface area contributed by atoms with Crippen LogP contribution in [0, 0.1) is 0 Å². The molecule has 3 rings (SSSR count). The highest BCUT2D eigenvalue weighted by molar-refractivity contribution is 7.89. The first-order valence-corrected chi connectivity index (χ1v) is 11.4. The maximum absolute atomic E-state index is 11.3. The Bertz CT molecular complexity index is 976. The fourth-order valence-electron chi connectivity index (χ4n) is 3.55. The van der Waals surface area contributed by atoms with Gasteiger partial charge in [-0.15, -0.1) is 0 Å². The van der Waals surface area contributed by atoms with Gasteiger partial charge in [0.2, 0.25) is 10.0 Å². The number of hydrogen-bond acceptors (Lipinski definition) is 5. The molecule has 1 fully saturated rings. The van der Waals surface area contributed by atoms with Crippen molar-refractivity contribution in [3.8, 4) is 5.75 Å². The molecule has 0 amide bonds. The molecule has 2 aromatic carbocycles. The SMILES string of the molecule is CN=C(NCCc1ccc(S(N)(=O)=O)cc1)NC1CCN(c2ccccc2OC)C1. The van der Waals surface area contributed by atoms with Crippen molar-refractivity contribution in [3.63, 3.8) is 0 Å². The molecule has 1 saturated heterocycles. The third kappa shape index (κ3) is 5.64. The summed E-state index contributed by atoms with van der Waals surface area (Å²) in [7, 11) is -0.210. The Hall–Kier alpha value is -2.78. The minimum absolute atomic E-state index is 0.123. The number of nitrogens with two attached hydrogens (primary N) is 1. The van der Waals surface area contributed by atoms with Crippen LogP contribution < -0.4 is 25.4 Å². The Kier molecular flexibility index (Phi) is 7.17. The van der Waals surface area contributed by atoms with Crippen LogP contribution in [0.4, 0.5) is 5.69 Å². The van der Waals surface area contributed by atoms with E-state index >= 15 is 0 Å². The van der Waals surface area contributed by atoms with Gasteiger partial charge in [-0.05, 0) is 42.7 Å². The van der Waals surface area contributed by atoms with Crippen LogP contribution in [-0.4, -0.2) is 54.2 Å². The van der Waals surface area contributed by atoms with Crippen LogP contribution in [-0.2, 0) is 16.4 Å². The normalized spacial score (nSPS) is 17.1. The minimum atomic E-state index is -3.66. The van der Waals surface area contributed by atoms with Gasteiger partial charge in [0.1, 0.15) is 5.75 Å². The molecule has 30 heavy (non-hydrogen) atoms. The topological polar surface area (TPSA) is 109 Å². The van der Waals surface area contributed by atoms with E-state index in [0.717, 1.165) is 48.9 Å². The number of para-hydroxylation sites is 2. The molecule has 2 aromatic rings. The summed E-state index contributed by atoms with van der Waals surface area (Å²) in [6.45, 7) is 2.50. The van der Waals surface area contributed by atoms with Crippen LogP contribution in [0.1, 0.15) is 12.0 Å². The van der Waals surface area contributed by atoms with Gasteiger partial charge in [0.25, 0.3) is 0 Å². The maximum atomic E-state index is 11.3. The summed E-state index contributed by atoms with van der Waals surface area (Å²) in [4.78, 5) is 6.76. The van der Waals surface area contributed by atoms with Gasteiger partial charge in [0, 0.05) is 32.7 Å². The lowest BCUT2D eigenvalue weighted by Crippen LogP contribution is -2.45.